The zero-order valence-corrected chi connectivity index (χ0v) is 12.5. The van der Waals surface area contributed by atoms with E-state index in [1.165, 1.54) is 6.42 Å². The smallest absolute Gasteiger partial charge is 0.204 e. The highest BCUT2D eigenvalue weighted by Gasteiger charge is 2.37. The molecule has 1 aliphatic carbocycles. The van der Waals surface area contributed by atoms with Crippen molar-refractivity contribution in [3.63, 3.8) is 0 Å². The Balaban J connectivity index is 2.06. The fraction of sp³-hybridized carbons (Fsp3) is 0.714. The largest absolute Gasteiger partial charge is 0.490 e. The summed E-state index contributed by atoms with van der Waals surface area (Å²) >= 11 is 0. The Bertz CT molecular complexity index is 430. The average molecular weight is 280 g/mol. The normalized spacial score (nSPS) is 16.4. The van der Waals surface area contributed by atoms with Crippen LogP contribution in [0.5, 0.6) is 5.75 Å². The maximum atomic E-state index is 5.60. The van der Waals surface area contributed by atoms with E-state index in [1.54, 1.807) is 20.5 Å². The SMILES string of the molecule is CCCNc1ncnc(NCC2(OC)CCC2)c1OC. The molecular formula is C14H24N4O2. The number of rotatable bonds is 8. The van der Waals surface area contributed by atoms with Crippen LogP contribution >= 0.6 is 0 Å². The molecule has 0 aliphatic heterocycles. The fourth-order valence-corrected chi connectivity index (χ4v) is 2.33. The van der Waals surface area contributed by atoms with Crippen LogP contribution in [0, 0.1) is 0 Å². The molecule has 0 saturated heterocycles. The minimum atomic E-state index is -0.0486. The summed E-state index contributed by atoms with van der Waals surface area (Å²) in [4.78, 5) is 8.50. The number of methoxy groups -OCH3 is 2. The number of aromatic nitrogens is 2. The third kappa shape index (κ3) is 3.12. The maximum absolute atomic E-state index is 5.60. The van der Waals surface area contributed by atoms with E-state index >= 15 is 0 Å². The summed E-state index contributed by atoms with van der Waals surface area (Å²) in [6.07, 6.45) is 5.97. The van der Waals surface area contributed by atoms with Gasteiger partial charge in [0.25, 0.3) is 0 Å². The molecule has 1 saturated carbocycles. The molecule has 2 rings (SSSR count). The van der Waals surface area contributed by atoms with E-state index in [0.717, 1.165) is 38.2 Å². The van der Waals surface area contributed by atoms with E-state index in [0.29, 0.717) is 11.6 Å². The monoisotopic (exact) mass is 280 g/mol. The van der Waals surface area contributed by atoms with Gasteiger partial charge in [0.1, 0.15) is 6.33 Å². The van der Waals surface area contributed by atoms with Crippen molar-refractivity contribution in [1.29, 1.82) is 0 Å². The lowest BCUT2D eigenvalue weighted by molar-refractivity contribution is -0.0601. The summed E-state index contributed by atoms with van der Waals surface area (Å²) in [6.45, 7) is 3.71. The van der Waals surface area contributed by atoms with Crippen LogP contribution in [0.3, 0.4) is 0 Å². The Kier molecular flexibility index (Phi) is 5.00. The molecule has 0 amide bonds. The zero-order valence-electron chi connectivity index (χ0n) is 12.5. The fourth-order valence-electron chi connectivity index (χ4n) is 2.33. The molecular weight excluding hydrogens is 256 g/mol. The van der Waals surface area contributed by atoms with Gasteiger partial charge in [-0.2, -0.15) is 0 Å². The van der Waals surface area contributed by atoms with Crippen LogP contribution in [-0.2, 0) is 4.74 Å². The first-order valence-corrected chi connectivity index (χ1v) is 7.16. The molecule has 20 heavy (non-hydrogen) atoms. The number of ether oxygens (including phenoxy) is 2. The van der Waals surface area contributed by atoms with E-state index in [1.807, 2.05) is 0 Å². The Hall–Kier alpha value is -1.56. The summed E-state index contributed by atoms with van der Waals surface area (Å²) in [6, 6.07) is 0. The third-order valence-electron chi connectivity index (χ3n) is 3.83. The van der Waals surface area contributed by atoms with E-state index < -0.39 is 0 Å². The van der Waals surface area contributed by atoms with Crippen LogP contribution in [0.2, 0.25) is 0 Å². The van der Waals surface area contributed by atoms with Gasteiger partial charge in [-0.1, -0.05) is 6.92 Å². The van der Waals surface area contributed by atoms with Gasteiger partial charge in [-0.3, -0.25) is 0 Å². The van der Waals surface area contributed by atoms with Crippen molar-refractivity contribution in [2.24, 2.45) is 0 Å². The molecule has 1 aliphatic rings. The van der Waals surface area contributed by atoms with Crippen molar-refractivity contribution in [1.82, 2.24) is 9.97 Å². The van der Waals surface area contributed by atoms with Gasteiger partial charge < -0.3 is 20.1 Å². The lowest BCUT2D eigenvalue weighted by Crippen LogP contribution is -2.45. The first kappa shape index (κ1) is 14.8. The van der Waals surface area contributed by atoms with Gasteiger partial charge in [-0.05, 0) is 25.7 Å². The van der Waals surface area contributed by atoms with E-state index in [9.17, 15) is 0 Å². The predicted molar refractivity (Wildman–Crippen MR) is 79.4 cm³/mol. The highest BCUT2D eigenvalue weighted by Crippen LogP contribution is 2.36. The van der Waals surface area contributed by atoms with Crippen LogP contribution in [0.4, 0.5) is 11.6 Å². The summed E-state index contributed by atoms with van der Waals surface area (Å²) in [5, 5.41) is 6.58. The summed E-state index contributed by atoms with van der Waals surface area (Å²) in [5.41, 5.74) is -0.0486. The standard InChI is InChI=1S/C14H24N4O2/c1-4-8-15-12-11(19-2)13(18-10-17-12)16-9-14(20-3)6-5-7-14/h10H,4-9H2,1-3H3,(H2,15,16,17,18). The maximum Gasteiger partial charge on any atom is 0.204 e. The van der Waals surface area contributed by atoms with Crippen molar-refractivity contribution in [2.75, 3.05) is 37.9 Å². The highest BCUT2D eigenvalue weighted by atomic mass is 16.5. The van der Waals surface area contributed by atoms with Gasteiger partial charge in [0, 0.05) is 20.2 Å². The molecule has 1 aromatic rings. The van der Waals surface area contributed by atoms with Gasteiger partial charge in [0.15, 0.2) is 11.6 Å². The second kappa shape index (κ2) is 6.74. The van der Waals surface area contributed by atoms with Gasteiger partial charge >= 0.3 is 0 Å². The molecule has 0 aromatic carbocycles. The molecule has 1 fully saturated rings. The lowest BCUT2D eigenvalue weighted by atomic mass is 9.80. The molecule has 112 valence electrons. The summed E-state index contributed by atoms with van der Waals surface area (Å²) in [7, 11) is 3.41. The molecule has 0 bridgehead atoms. The number of anilines is 2. The van der Waals surface area contributed by atoms with Gasteiger partial charge in [-0.25, -0.2) is 9.97 Å². The van der Waals surface area contributed by atoms with E-state index in [2.05, 4.69) is 27.5 Å². The van der Waals surface area contributed by atoms with Gasteiger partial charge in [0.05, 0.1) is 12.7 Å². The molecule has 6 heteroatoms. The van der Waals surface area contributed by atoms with Gasteiger partial charge in [0.2, 0.25) is 5.75 Å². The molecule has 6 nitrogen and oxygen atoms in total. The molecule has 0 spiro atoms. The Labute approximate surface area is 120 Å². The molecule has 2 N–H and O–H groups in total. The molecule has 0 radical (unpaired) electrons. The van der Waals surface area contributed by atoms with Crippen molar-refractivity contribution in [2.45, 2.75) is 38.2 Å². The van der Waals surface area contributed by atoms with Crippen LogP contribution in [0.15, 0.2) is 6.33 Å². The number of hydrogen-bond acceptors (Lipinski definition) is 6. The molecule has 0 unspecified atom stereocenters. The third-order valence-corrected chi connectivity index (χ3v) is 3.83. The summed E-state index contributed by atoms with van der Waals surface area (Å²) in [5.74, 6) is 2.10. The second-order valence-corrected chi connectivity index (χ2v) is 5.13. The van der Waals surface area contributed by atoms with E-state index in [-0.39, 0.29) is 5.60 Å². The molecule has 1 aromatic heterocycles. The average Bonchev–Trinajstić information content (AvgIpc) is 2.44. The Morgan fingerprint density at radius 2 is 1.90 bits per heavy atom. The van der Waals surface area contributed by atoms with Crippen molar-refractivity contribution >= 4 is 11.6 Å². The molecule has 0 atom stereocenters. The zero-order chi connectivity index (χ0) is 14.4. The number of nitrogens with one attached hydrogen (secondary N) is 2. The van der Waals surface area contributed by atoms with Crippen molar-refractivity contribution in [3.8, 4) is 5.75 Å². The molecule has 1 heterocycles. The quantitative estimate of drug-likeness (QED) is 0.761. The van der Waals surface area contributed by atoms with Crippen molar-refractivity contribution in [3.05, 3.63) is 6.33 Å². The second-order valence-electron chi connectivity index (χ2n) is 5.13. The van der Waals surface area contributed by atoms with Crippen LogP contribution in [0.25, 0.3) is 0 Å². The van der Waals surface area contributed by atoms with Crippen molar-refractivity contribution < 1.29 is 9.47 Å². The van der Waals surface area contributed by atoms with Crippen LogP contribution in [-0.4, -0.2) is 42.9 Å². The number of hydrogen-bond donors (Lipinski definition) is 2. The van der Waals surface area contributed by atoms with Gasteiger partial charge in [-0.15, -0.1) is 0 Å². The Morgan fingerprint density at radius 3 is 2.40 bits per heavy atom. The van der Waals surface area contributed by atoms with E-state index in [4.69, 9.17) is 9.47 Å². The lowest BCUT2D eigenvalue weighted by Gasteiger charge is -2.40. The Morgan fingerprint density at radius 1 is 1.20 bits per heavy atom. The minimum absolute atomic E-state index is 0.0486. The van der Waals surface area contributed by atoms with Crippen LogP contribution in [0.1, 0.15) is 32.6 Å². The van der Waals surface area contributed by atoms with Crippen LogP contribution < -0.4 is 15.4 Å². The highest BCUT2D eigenvalue weighted by molar-refractivity contribution is 5.63. The first-order chi connectivity index (χ1) is 9.74. The minimum Gasteiger partial charge on any atom is -0.490 e. The number of nitrogens with zero attached hydrogens (tertiary/aromatic N) is 2. The summed E-state index contributed by atoms with van der Waals surface area (Å²) < 4.78 is 11.0. The first-order valence-electron chi connectivity index (χ1n) is 7.16. The predicted octanol–water partition coefficient (Wildman–Crippen LogP) is 2.29. The topological polar surface area (TPSA) is 68.3 Å².